The van der Waals surface area contributed by atoms with Gasteiger partial charge < -0.3 is 5.32 Å². The number of nitrogens with zero attached hydrogens (tertiary/aromatic N) is 1. The highest BCUT2D eigenvalue weighted by molar-refractivity contribution is 7.17. The van der Waals surface area contributed by atoms with Crippen LogP contribution in [-0.4, -0.2) is 10.9 Å². The minimum Gasteiger partial charge on any atom is -0.344 e. The SMILES string of the molecule is Cc1nc(-c2ccccc2)sc1C(=O)NC(c1ccccc1)C1CC1. The van der Waals surface area contributed by atoms with Crippen LogP contribution in [-0.2, 0) is 0 Å². The molecule has 1 amide bonds. The minimum absolute atomic E-state index is 0.0158. The zero-order valence-corrected chi connectivity index (χ0v) is 14.9. The number of thiazole rings is 1. The van der Waals surface area contributed by atoms with Gasteiger partial charge in [0.05, 0.1) is 11.7 Å². The Morgan fingerprint density at radius 3 is 2.36 bits per heavy atom. The Morgan fingerprint density at radius 2 is 1.72 bits per heavy atom. The highest BCUT2D eigenvalue weighted by Crippen LogP contribution is 2.41. The molecule has 4 heteroatoms. The quantitative estimate of drug-likeness (QED) is 0.705. The fourth-order valence-corrected chi connectivity index (χ4v) is 4.06. The Balaban J connectivity index is 1.57. The molecule has 3 nitrogen and oxygen atoms in total. The topological polar surface area (TPSA) is 42.0 Å². The third-order valence-electron chi connectivity index (χ3n) is 4.56. The second-order valence-electron chi connectivity index (χ2n) is 6.50. The van der Waals surface area contributed by atoms with Gasteiger partial charge in [-0.3, -0.25) is 4.79 Å². The first-order chi connectivity index (χ1) is 12.2. The van der Waals surface area contributed by atoms with Crippen LogP contribution in [0, 0.1) is 12.8 Å². The van der Waals surface area contributed by atoms with Crippen molar-refractivity contribution >= 4 is 17.2 Å². The average molecular weight is 348 g/mol. The molecule has 0 bridgehead atoms. The van der Waals surface area contributed by atoms with Gasteiger partial charge in [0.1, 0.15) is 9.88 Å². The van der Waals surface area contributed by atoms with Crippen LogP contribution in [0.5, 0.6) is 0 Å². The lowest BCUT2D eigenvalue weighted by Gasteiger charge is -2.18. The Morgan fingerprint density at radius 1 is 1.08 bits per heavy atom. The minimum atomic E-state index is -0.0158. The summed E-state index contributed by atoms with van der Waals surface area (Å²) in [6, 6.07) is 20.4. The molecule has 1 heterocycles. The van der Waals surface area contributed by atoms with E-state index in [2.05, 4.69) is 22.4 Å². The third kappa shape index (κ3) is 3.49. The first-order valence-corrected chi connectivity index (χ1v) is 9.42. The van der Waals surface area contributed by atoms with E-state index >= 15 is 0 Å². The van der Waals surface area contributed by atoms with Crippen molar-refractivity contribution in [3.8, 4) is 10.6 Å². The van der Waals surface area contributed by atoms with Crippen molar-refractivity contribution in [2.24, 2.45) is 5.92 Å². The first kappa shape index (κ1) is 16.0. The molecule has 0 spiro atoms. The number of carbonyl (C=O) groups is 1. The van der Waals surface area contributed by atoms with Crippen molar-refractivity contribution in [2.75, 3.05) is 0 Å². The van der Waals surface area contributed by atoms with Crippen molar-refractivity contribution in [1.82, 2.24) is 10.3 Å². The molecule has 4 rings (SSSR count). The molecule has 0 saturated heterocycles. The van der Waals surface area contributed by atoms with Crippen molar-refractivity contribution in [2.45, 2.75) is 25.8 Å². The first-order valence-electron chi connectivity index (χ1n) is 8.61. The molecule has 2 aromatic carbocycles. The maximum Gasteiger partial charge on any atom is 0.263 e. The highest BCUT2D eigenvalue weighted by Gasteiger charge is 2.34. The number of rotatable bonds is 5. The van der Waals surface area contributed by atoms with Crippen LogP contribution in [0.4, 0.5) is 0 Å². The van der Waals surface area contributed by atoms with Gasteiger partial charge in [-0.1, -0.05) is 60.7 Å². The maximum atomic E-state index is 12.9. The predicted molar refractivity (Wildman–Crippen MR) is 102 cm³/mol. The number of aromatic nitrogens is 1. The highest BCUT2D eigenvalue weighted by atomic mass is 32.1. The predicted octanol–water partition coefficient (Wildman–Crippen LogP) is 5.00. The van der Waals surface area contributed by atoms with Gasteiger partial charge in [-0.25, -0.2) is 4.98 Å². The summed E-state index contributed by atoms with van der Waals surface area (Å²) in [5.41, 5.74) is 3.03. The van der Waals surface area contributed by atoms with Crippen LogP contribution in [0.1, 0.15) is 39.8 Å². The van der Waals surface area contributed by atoms with E-state index < -0.39 is 0 Å². The van der Waals surface area contributed by atoms with Gasteiger partial charge in [0.2, 0.25) is 0 Å². The van der Waals surface area contributed by atoms with Crippen LogP contribution in [0.15, 0.2) is 60.7 Å². The van der Waals surface area contributed by atoms with Gasteiger partial charge in [0.25, 0.3) is 5.91 Å². The summed E-state index contributed by atoms with van der Waals surface area (Å²) in [5, 5.41) is 4.14. The molecule has 1 atom stereocenters. The Bertz CT molecular complexity index is 869. The largest absolute Gasteiger partial charge is 0.344 e. The van der Waals surface area contributed by atoms with Crippen molar-refractivity contribution in [1.29, 1.82) is 0 Å². The summed E-state index contributed by atoms with van der Waals surface area (Å²) >= 11 is 1.47. The lowest BCUT2D eigenvalue weighted by molar-refractivity contribution is 0.0935. The molecule has 25 heavy (non-hydrogen) atoms. The molecule has 1 aliphatic carbocycles. The van der Waals surface area contributed by atoms with Crippen molar-refractivity contribution in [3.63, 3.8) is 0 Å². The molecular formula is C21H20N2OS. The van der Waals surface area contributed by atoms with E-state index in [-0.39, 0.29) is 11.9 Å². The molecule has 3 aromatic rings. The number of nitrogens with one attached hydrogen (secondary N) is 1. The summed E-state index contributed by atoms with van der Waals surface area (Å²) in [4.78, 5) is 18.2. The van der Waals surface area contributed by atoms with E-state index in [1.807, 2.05) is 55.5 Å². The zero-order valence-electron chi connectivity index (χ0n) is 14.1. The Labute approximate surface area is 151 Å². The number of hydrogen-bond acceptors (Lipinski definition) is 3. The number of amides is 1. The monoisotopic (exact) mass is 348 g/mol. The molecule has 0 radical (unpaired) electrons. The van der Waals surface area contributed by atoms with Gasteiger partial charge in [-0.15, -0.1) is 11.3 Å². The third-order valence-corrected chi connectivity index (χ3v) is 5.77. The summed E-state index contributed by atoms with van der Waals surface area (Å²) in [6.07, 6.45) is 2.35. The Kier molecular flexibility index (Phi) is 4.36. The molecule has 1 fully saturated rings. The van der Waals surface area contributed by atoms with Gasteiger partial charge in [0.15, 0.2) is 0 Å². The zero-order chi connectivity index (χ0) is 17.2. The van der Waals surface area contributed by atoms with Gasteiger partial charge in [-0.2, -0.15) is 0 Å². The number of carbonyl (C=O) groups excluding carboxylic acids is 1. The fraction of sp³-hybridized carbons (Fsp3) is 0.238. The second-order valence-corrected chi connectivity index (χ2v) is 7.50. The maximum absolute atomic E-state index is 12.9. The van der Waals surface area contributed by atoms with E-state index in [0.29, 0.717) is 10.8 Å². The van der Waals surface area contributed by atoms with E-state index in [1.54, 1.807) is 0 Å². The molecule has 1 aliphatic rings. The lowest BCUT2D eigenvalue weighted by Crippen LogP contribution is -2.29. The van der Waals surface area contributed by atoms with Crippen molar-refractivity contribution in [3.05, 3.63) is 76.8 Å². The number of aryl methyl sites for hydroxylation is 1. The number of hydrogen-bond donors (Lipinski definition) is 1. The standard InChI is InChI=1S/C21H20N2OS/c1-14-19(25-21(22-14)17-10-6-3-7-11-17)20(24)23-18(16-12-13-16)15-8-4-2-5-9-15/h2-11,16,18H,12-13H2,1H3,(H,23,24). The fourth-order valence-electron chi connectivity index (χ4n) is 3.08. The van der Waals surface area contributed by atoms with Crippen LogP contribution >= 0.6 is 11.3 Å². The van der Waals surface area contributed by atoms with E-state index in [0.717, 1.165) is 16.3 Å². The molecule has 1 unspecified atom stereocenters. The summed E-state index contributed by atoms with van der Waals surface area (Å²) in [7, 11) is 0. The smallest absolute Gasteiger partial charge is 0.263 e. The van der Waals surface area contributed by atoms with Crippen LogP contribution in [0.25, 0.3) is 10.6 Å². The summed E-state index contributed by atoms with van der Waals surface area (Å²) in [5.74, 6) is 0.533. The van der Waals surface area contributed by atoms with E-state index in [4.69, 9.17) is 0 Å². The normalized spacial score (nSPS) is 14.9. The average Bonchev–Trinajstić information content (AvgIpc) is 3.42. The lowest BCUT2D eigenvalue weighted by atomic mass is 10.0. The molecule has 1 N–H and O–H groups in total. The van der Waals surface area contributed by atoms with Crippen molar-refractivity contribution < 1.29 is 4.79 Å². The second kappa shape index (κ2) is 6.81. The van der Waals surface area contributed by atoms with Crippen LogP contribution in [0.3, 0.4) is 0 Å². The molecule has 0 aliphatic heterocycles. The number of benzene rings is 2. The summed E-state index contributed by atoms with van der Waals surface area (Å²) < 4.78 is 0. The van der Waals surface area contributed by atoms with Gasteiger partial charge in [-0.05, 0) is 31.2 Å². The molecule has 126 valence electrons. The molecule has 1 saturated carbocycles. The molecular weight excluding hydrogens is 328 g/mol. The molecule has 1 aromatic heterocycles. The van der Waals surface area contributed by atoms with E-state index in [1.165, 1.54) is 29.7 Å². The van der Waals surface area contributed by atoms with E-state index in [9.17, 15) is 4.79 Å². The Hall–Kier alpha value is -2.46. The van der Waals surface area contributed by atoms with Gasteiger partial charge >= 0.3 is 0 Å². The van der Waals surface area contributed by atoms with Crippen LogP contribution in [0.2, 0.25) is 0 Å². The summed E-state index contributed by atoms with van der Waals surface area (Å²) in [6.45, 7) is 1.91. The van der Waals surface area contributed by atoms with Crippen LogP contribution < -0.4 is 5.32 Å². The van der Waals surface area contributed by atoms with Gasteiger partial charge in [0, 0.05) is 5.56 Å².